The highest BCUT2D eigenvalue weighted by atomic mass is 32.2. The third kappa shape index (κ3) is 3.33. The number of amides is 1. The Kier molecular flexibility index (Phi) is 4.35. The molecule has 4 heteroatoms. The maximum absolute atomic E-state index is 12.0. The van der Waals surface area contributed by atoms with Gasteiger partial charge >= 0.3 is 0 Å². The van der Waals surface area contributed by atoms with Gasteiger partial charge in [-0.15, -0.1) is 0 Å². The van der Waals surface area contributed by atoms with Gasteiger partial charge in [0.25, 0.3) is 5.91 Å². The zero-order valence-electron chi connectivity index (χ0n) is 11.9. The second kappa shape index (κ2) is 6.01. The predicted molar refractivity (Wildman–Crippen MR) is 84.2 cm³/mol. The molecule has 0 aliphatic heterocycles. The molecule has 1 amide bonds. The van der Waals surface area contributed by atoms with Gasteiger partial charge in [0.05, 0.1) is 0 Å². The summed E-state index contributed by atoms with van der Waals surface area (Å²) in [6.45, 7) is 2.02. The van der Waals surface area contributed by atoms with Gasteiger partial charge < -0.3 is 10.6 Å². The Morgan fingerprint density at radius 3 is 2.55 bits per heavy atom. The molecule has 0 saturated heterocycles. The van der Waals surface area contributed by atoms with Crippen LogP contribution in [0.4, 0.5) is 5.69 Å². The average Bonchev–Trinajstić information content (AvgIpc) is 2.41. The first-order chi connectivity index (χ1) is 9.47. The van der Waals surface area contributed by atoms with Gasteiger partial charge in [-0.3, -0.25) is 4.79 Å². The molecule has 0 saturated carbocycles. The van der Waals surface area contributed by atoms with Crippen LogP contribution in [0.1, 0.15) is 15.9 Å². The highest BCUT2D eigenvalue weighted by molar-refractivity contribution is 7.99. The van der Waals surface area contributed by atoms with Crippen molar-refractivity contribution in [1.29, 1.82) is 0 Å². The highest BCUT2D eigenvalue weighted by Gasteiger charge is 2.09. The van der Waals surface area contributed by atoms with Crippen LogP contribution in [-0.4, -0.2) is 24.9 Å². The Labute approximate surface area is 123 Å². The van der Waals surface area contributed by atoms with E-state index in [0.717, 1.165) is 21.0 Å². The van der Waals surface area contributed by atoms with Crippen molar-refractivity contribution in [2.45, 2.75) is 16.7 Å². The number of rotatable bonds is 3. The second-order valence-electron chi connectivity index (χ2n) is 4.87. The molecule has 20 heavy (non-hydrogen) atoms. The predicted octanol–water partition coefficient (Wildman–Crippen LogP) is 3.43. The van der Waals surface area contributed by atoms with Crippen LogP contribution in [0.2, 0.25) is 0 Å². The highest BCUT2D eigenvalue weighted by Crippen LogP contribution is 2.32. The number of carbonyl (C=O) groups excluding carboxylic acids is 1. The molecule has 2 aromatic carbocycles. The topological polar surface area (TPSA) is 46.3 Å². The second-order valence-corrected chi connectivity index (χ2v) is 5.99. The van der Waals surface area contributed by atoms with Crippen LogP contribution in [0.25, 0.3) is 0 Å². The van der Waals surface area contributed by atoms with Crippen molar-refractivity contribution in [1.82, 2.24) is 4.90 Å². The van der Waals surface area contributed by atoms with E-state index in [4.69, 9.17) is 5.73 Å². The molecule has 0 aliphatic rings. The van der Waals surface area contributed by atoms with Gasteiger partial charge in [-0.05, 0) is 42.8 Å². The molecule has 2 N–H and O–H groups in total. The van der Waals surface area contributed by atoms with Crippen molar-refractivity contribution in [2.24, 2.45) is 0 Å². The number of hydrogen-bond acceptors (Lipinski definition) is 3. The summed E-state index contributed by atoms with van der Waals surface area (Å²) in [5.41, 5.74) is 8.61. The summed E-state index contributed by atoms with van der Waals surface area (Å²) in [5, 5.41) is 0. The number of nitrogen functional groups attached to an aromatic ring is 1. The van der Waals surface area contributed by atoms with Gasteiger partial charge in [0.15, 0.2) is 0 Å². The normalized spacial score (nSPS) is 10.3. The number of hydrogen-bond donors (Lipinski definition) is 1. The first-order valence-electron chi connectivity index (χ1n) is 6.33. The van der Waals surface area contributed by atoms with E-state index in [0.29, 0.717) is 5.56 Å². The van der Waals surface area contributed by atoms with Gasteiger partial charge in [-0.2, -0.15) is 0 Å². The Bertz CT molecular complexity index is 638. The van der Waals surface area contributed by atoms with Crippen molar-refractivity contribution < 1.29 is 4.79 Å². The molecule has 0 heterocycles. The van der Waals surface area contributed by atoms with E-state index >= 15 is 0 Å². The lowest BCUT2D eigenvalue weighted by Gasteiger charge is -2.11. The van der Waals surface area contributed by atoms with Gasteiger partial charge in [-0.1, -0.05) is 23.9 Å². The summed E-state index contributed by atoms with van der Waals surface area (Å²) >= 11 is 1.57. The van der Waals surface area contributed by atoms with Crippen LogP contribution in [0.5, 0.6) is 0 Å². The molecule has 0 radical (unpaired) electrons. The molecule has 0 unspecified atom stereocenters. The lowest BCUT2D eigenvalue weighted by Crippen LogP contribution is -2.21. The minimum Gasteiger partial charge on any atom is -0.398 e. The number of nitrogens with zero attached hydrogens (tertiary/aromatic N) is 1. The molecule has 0 fully saturated rings. The van der Waals surface area contributed by atoms with E-state index < -0.39 is 0 Å². The first-order valence-corrected chi connectivity index (χ1v) is 7.14. The molecular weight excluding hydrogens is 268 g/mol. The van der Waals surface area contributed by atoms with Crippen LogP contribution >= 0.6 is 11.8 Å². The first kappa shape index (κ1) is 14.5. The number of anilines is 1. The SMILES string of the molecule is Cc1ccc(Sc2cccc(C(=O)N(C)C)c2)c(N)c1. The third-order valence-electron chi connectivity index (χ3n) is 2.88. The summed E-state index contributed by atoms with van der Waals surface area (Å²) in [6.07, 6.45) is 0. The summed E-state index contributed by atoms with van der Waals surface area (Å²) < 4.78 is 0. The minimum atomic E-state index is 0.00401. The molecule has 0 aliphatic carbocycles. The van der Waals surface area contributed by atoms with Crippen LogP contribution in [0.3, 0.4) is 0 Å². The van der Waals surface area contributed by atoms with Crippen molar-refractivity contribution in [2.75, 3.05) is 19.8 Å². The molecule has 0 aromatic heterocycles. The smallest absolute Gasteiger partial charge is 0.253 e. The van der Waals surface area contributed by atoms with Crippen LogP contribution < -0.4 is 5.73 Å². The van der Waals surface area contributed by atoms with Crippen molar-refractivity contribution >= 4 is 23.4 Å². The van der Waals surface area contributed by atoms with Crippen LogP contribution in [0, 0.1) is 6.92 Å². The quantitative estimate of drug-likeness (QED) is 0.879. The number of nitrogens with two attached hydrogens (primary N) is 1. The molecule has 2 rings (SSSR count). The molecule has 104 valence electrons. The number of benzene rings is 2. The van der Waals surface area contributed by atoms with E-state index in [-0.39, 0.29) is 5.91 Å². The zero-order chi connectivity index (χ0) is 14.7. The van der Waals surface area contributed by atoms with E-state index in [2.05, 4.69) is 0 Å². The fourth-order valence-corrected chi connectivity index (χ4v) is 2.74. The third-order valence-corrected chi connectivity index (χ3v) is 3.96. The van der Waals surface area contributed by atoms with E-state index in [9.17, 15) is 4.79 Å². The largest absolute Gasteiger partial charge is 0.398 e. The van der Waals surface area contributed by atoms with E-state index in [1.54, 1.807) is 30.8 Å². The Hall–Kier alpha value is -1.94. The zero-order valence-corrected chi connectivity index (χ0v) is 12.7. The van der Waals surface area contributed by atoms with Gasteiger partial charge in [-0.25, -0.2) is 0 Å². The fourth-order valence-electron chi connectivity index (χ4n) is 1.84. The summed E-state index contributed by atoms with van der Waals surface area (Å²) in [7, 11) is 3.50. The molecule has 3 nitrogen and oxygen atoms in total. The van der Waals surface area contributed by atoms with Crippen LogP contribution in [-0.2, 0) is 0 Å². The molecule has 0 spiro atoms. The van der Waals surface area contributed by atoms with Crippen LogP contribution in [0.15, 0.2) is 52.3 Å². The maximum atomic E-state index is 12.0. The van der Waals surface area contributed by atoms with Crippen molar-refractivity contribution in [3.8, 4) is 0 Å². The average molecular weight is 286 g/mol. The Morgan fingerprint density at radius 2 is 1.90 bits per heavy atom. The minimum absolute atomic E-state index is 0.00401. The molecule has 0 atom stereocenters. The Morgan fingerprint density at radius 1 is 1.15 bits per heavy atom. The fraction of sp³-hybridized carbons (Fsp3) is 0.188. The monoisotopic (exact) mass is 286 g/mol. The van der Waals surface area contributed by atoms with Gasteiger partial charge in [0.2, 0.25) is 0 Å². The number of aryl methyl sites for hydroxylation is 1. The lowest BCUT2D eigenvalue weighted by atomic mass is 10.2. The summed E-state index contributed by atoms with van der Waals surface area (Å²) in [4.78, 5) is 15.5. The maximum Gasteiger partial charge on any atom is 0.253 e. The Balaban J connectivity index is 2.26. The van der Waals surface area contributed by atoms with Gasteiger partial charge in [0, 0.05) is 35.1 Å². The van der Waals surface area contributed by atoms with E-state index in [1.165, 1.54) is 0 Å². The number of carbonyl (C=O) groups is 1. The van der Waals surface area contributed by atoms with E-state index in [1.807, 2.05) is 49.4 Å². The molecular formula is C16H18N2OS. The molecule has 0 bridgehead atoms. The molecule has 2 aromatic rings. The summed E-state index contributed by atoms with van der Waals surface area (Å²) in [6, 6.07) is 13.6. The lowest BCUT2D eigenvalue weighted by molar-refractivity contribution is 0.0827. The van der Waals surface area contributed by atoms with Crippen molar-refractivity contribution in [3.63, 3.8) is 0 Å². The van der Waals surface area contributed by atoms with Gasteiger partial charge in [0.1, 0.15) is 0 Å². The van der Waals surface area contributed by atoms with Crippen molar-refractivity contribution in [3.05, 3.63) is 53.6 Å². The summed E-state index contributed by atoms with van der Waals surface area (Å²) in [5.74, 6) is 0.00401. The standard InChI is InChI=1S/C16H18N2OS/c1-11-7-8-15(14(17)9-11)20-13-6-4-5-12(10-13)16(19)18(2)3/h4-10H,17H2,1-3H3.